The first-order valence-corrected chi connectivity index (χ1v) is 10.1. The fraction of sp³-hybridized carbons (Fsp3) is 0.190. The third-order valence-corrected chi connectivity index (χ3v) is 5.45. The SMILES string of the molecule is CCN(C(=O)CSc1nncn1Cc1ccco1)c1cccc2ccccc12. The van der Waals surface area contributed by atoms with Crippen molar-refractivity contribution in [2.75, 3.05) is 17.2 Å². The third kappa shape index (κ3) is 3.80. The van der Waals surface area contributed by atoms with Crippen LogP contribution in [0.4, 0.5) is 5.69 Å². The molecule has 2 heterocycles. The largest absolute Gasteiger partial charge is 0.467 e. The number of carbonyl (C=O) groups excluding carboxylic acids is 1. The van der Waals surface area contributed by atoms with Gasteiger partial charge in [-0.2, -0.15) is 0 Å². The van der Waals surface area contributed by atoms with Gasteiger partial charge in [0.05, 0.1) is 24.2 Å². The Labute approximate surface area is 167 Å². The third-order valence-electron chi connectivity index (χ3n) is 4.49. The first-order valence-electron chi connectivity index (χ1n) is 9.07. The van der Waals surface area contributed by atoms with E-state index in [-0.39, 0.29) is 11.7 Å². The van der Waals surface area contributed by atoms with E-state index in [0.29, 0.717) is 18.2 Å². The molecule has 0 fully saturated rings. The van der Waals surface area contributed by atoms with Gasteiger partial charge in [0.25, 0.3) is 0 Å². The van der Waals surface area contributed by atoms with E-state index in [2.05, 4.69) is 22.3 Å². The van der Waals surface area contributed by atoms with Crippen molar-refractivity contribution >= 4 is 34.1 Å². The normalized spacial score (nSPS) is 11.0. The van der Waals surface area contributed by atoms with E-state index >= 15 is 0 Å². The van der Waals surface area contributed by atoms with Crippen LogP contribution in [0.25, 0.3) is 10.8 Å². The lowest BCUT2D eigenvalue weighted by Gasteiger charge is -2.22. The molecule has 0 atom stereocenters. The molecular weight excluding hydrogens is 372 g/mol. The monoisotopic (exact) mass is 392 g/mol. The molecule has 6 nitrogen and oxygen atoms in total. The minimum Gasteiger partial charge on any atom is -0.467 e. The summed E-state index contributed by atoms with van der Waals surface area (Å²) in [6.45, 7) is 3.13. The Morgan fingerprint density at radius 1 is 1.14 bits per heavy atom. The highest BCUT2D eigenvalue weighted by molar-refractivity contribution is 7.99. The lowest BCUT2D eigenvalue weighted by molar-refractivity contribution is -0.116. The number of hydrogen-bond acceptors (Lipinski definition) is 5. The van der Waals surface area contributed by atoms with E-state index in [1.165, 1.54) is 11.8 Å². The average molecular weight is 392 g/mol. The minimum absolute atomic E-state index is 0.0383. The summed E-state index contributed by atoms with van der Waals surface area (Å²) in [5, 5.41) is 11.0. The minimum atomic E-state index is 0.0383. The van der Waals surface area contributed by atoms with Crippen LogP contribution in [-0.2, 0) is 11.3 Å². The number of rotatable bonds is 7. The van der Waals surface area contributed by atoms with Crippen LogP contribution in [0.15, 0.2) is 76.8 Å². The summed E-state index contributed by atoms with van der Waals surface area (Å²) in [6, 6.07) is 17.9. The smallest absolute Gasteiger partial charge is 0.237 e. The van der Waals surface area contributed by atoms with E-state index < -0.39 is 0 Å². The van der Waals surface area contributed by atoms with Gasteiger partial charge in [-0.3, -0.25) is 4.79 Å². The molecule has 0 bridgehead atoms. The first-order chi connectivity index (χ1) is 13.8. The molecule has 28 heavy (non-hydrogen) atoms. The Morgan fingerprint density at radius 3 is 2.82 bits per heavy atom. The molecule has 1 amide bonds. The molecule has 0 aliphatic rings. The van der Waals surface area contributed by atoms with Gasteiger partial charge in [0, 0.05) is 11.9 Å². The molecule has 7 heteroatoms. The highest BCUT2D eigenvalue weighted by Gasteiger charge is 2.18. The summed E-state index contributed by atoms with van der Waals surface area (Å²) < 4.78 is 7.26. The quantitative estimate of drug-likeness (QED) is 0.441. The highest BCUT2D eigenvalue weighted by atomic mass is 32.2. The van der Waals surface area contributed by atoms with Gasteiger partial charge in [-0.1, -0.05) is 48.2 Å². The van der Waals surface area contributed by atoms with Crippen LogP contribution >= 0.6 is 11.8 Å². The van der Waals surface area contributed by atoms with E-state index in [1.54, 1.807) is 12.6 Å². The molecular formula is C21H20N4O2S. The van der Waals surface area contributed by atoms with Crippen molar-refractivity contribution in [3.8, 4) is 0 Å². The number of benzene rings is 2. The second-order valence-corrected chi connectivity index (χ2v) is 7.19. The van der Waals surface area contributed by atoms with Crippen molar-refractivity contribution in [3.05, 3.63) is 72.9 Å². The Morgan fingerprint density at radius 2 is 2.00 bits per heavy atom. The van der Waals surface area contributed by atoms with Crippen LogP contribution in [0, 0.1) is 0 Å². The maximum atomic E-state index is 13.0. The predicted octanol–water partition coefficient (Wildman–Crippen LogP) is 4.22. The van der Waals surface area contributed by atoms with E-state index in [4.69, 9.17) is 4.42 Å². The van der Waals surface area contributed by atoms with Gasteiger partial charge in [0.1, 0.15) is 12.1 Å². The lowest BCUT2D eigenvalue weighted by atomic mass is 10.1. The summed E-state index contributed by atoms with van der Waals surface area (Å²) in [5.74, 6) is 1.14. The van der Waals surface area contributed by atoms with Crippen molar-refractivity contribution in [3.63, 3.8) is 0 Å². The second-order valence-electron chi connectivity index (χ2n) is 6.25. The van der Waals surface area contributed by atoms with Crippen molar-refractivity contribution in [2.24, 2.45) is 0 Å². The Bertz CT molecular complexity index is 1070. The van der Waals surface area contributed by atoms with Crippen LogP contribution in [0.1, 0.15) is 12.7 Å². The van der Waals surface area contributed by atoms with Crippen molar-refractivity contribution in [2.45, 2.75) is 18.6 Å². The van der Waals surface area contributed by atoms with Crippen molar-refractivity contribution < 1.29 is 9.21 Å². The molecule has 0 radical (unpaired) electrons. The van der Waals surface area contributed by atoms with E-state index in [0.717, 1.165) is 22.2 Å². The number of furan rings is 1. The van der Waals surface area contributed by atoms with Crippen LogP contribution in [0.3, 0.4) is 0 Å². The van der Waals surface area contributed by atoms with Crippen molar-refractivity contribution in [1.29, 1.82) is 0 Å². The Balaban J connectivity index is 1.49. The summed E-state index contributed by atoms with van der Waals surface area (Å²) in [4.78, 5) is 14.8. The number of anilines is 1. The zero-order valence-electron chi connectivity index (χ0n) is 15.5. The molecule has 0 saturated carbocycles. The maximum absolute atomic E-state index is 13.0. The zero-order chi connectivity index (χ0) is 19.3. The molecule has 0 aliphatic carbocycles. The molecule has 2 aromatic carbocycles. The van der Waals surface area contributed by atoms with Gasteiger partial charge in [-0.05, 0) is 30.5 Å². The molecule has 2 aromatic heterocycles. The standard InChI is InChI=1S/C21H20N4O2S/c1-2-25(19-11-5-8-16-7-3-4-10-18(16)19)20(26)14-28-21-23-22-15-24(21)13-17-9-6-12-27-17/h3-12,15H,2,13-14H2,1H3. The summed E-state index contributed by atoms with van der Waals surface area (Å²) in [5.41, 5.74) is 0.934. The van der Waals surface area contributed by atoms with Gasteiger partial charge in [0.15, 0.2) is 5.16 Å². The molecule has 4 rings (SSSR count). The topological polar surface area (TPSA) is 64.2 Å². The average Bonchev–Trinajstić information content (AvgIpc) is 3.39. The number of aromatic nitrogens is 3. The van der Waals surface area contributed by atoms with Crippen LogP contribution < -0.4 is 4.90 Å². The van der Waals surface area contributed by atoms with Crippen molar-refractivity contribution in [1.82, 2.24) is 14.8 Å². The van der Waals surface area contributed by atoms with Gasteiger partial charge in [-0.15, -0.1) is 10.2 Å². The van der Waals surface area contributed by atoms with Crippen LogP contribution in [0.2, 0.25) is 0 Å². The van der Waals surface area contributed by atoms with Gasteiger partial charge in [-0.25, -0.2) is 0 Å². The molecule has 0 aliphatic heterocycles. The molecule has 0 spiro atoms. The first kappa shape index (κ1) is 18.3. The van der Waals surface area contributed by atoms with E-state index in [1.807, 2.05) is 58.9 Å². The zero-order valence-corrected chi connectivity index (χ0v) is 16.3. The summed E-state index contributed by atoms with van der Waals surface area (Å²) in [7, 11) is 0. The molecule has 142 valence electrons. The number of nitrogens with zero attached hydrogens (tertiary/aromatic N) is 4. The van der Waals surface area contributed by atoms with Gasteiger partial charge < -0.3 is 13.9 Å². The maximum Gasteiger partial charge on any atom is 0.237 e. The fourth-order valence-corrected chi connectivity index (χ4v) is 3.95. The number of carbonyl (C=O) groups is 1. The van der Waals surface area contributed by atoms with Gasteiger partial charge >= 0.3 is 0 Å². The second kappa shape index (κ2) is 8.31. The predicted molar refractivity (Wildman–Crippen MR) is 111 cm³/mol. The number of hydrogen-bond donors (Lipinski definition) is 0. The number of fused-ring (bicyclic) bond motifs is 1. The summed E-state index contributed by atoms with van der Waals surface area (Å²) >= 11 is 1.38. The molecule has 0 unspecified atom stereocenters. The lowest BCUT2D eigenvalue weighted by Crippen LogP contribution is -2.32. The van der Waals surface area contributed by atoms with E-state index in [9.17, 15) is 4.79 Å². The highest BCUT2D eigenvalue weighted by Crippen LogP contribution is 2.27. The van der Waals surface area contributed by atoms with Crippen LogP contribution in [0.5, 0.6) is 0 Å². The number of thioether (sulfide) groups is 1. The Hall–Kier alpha value is -3.06. The van der Waals surface area contributed by atoms with Gasteiger partial charge in [0.2, 0.25) is 5.91 Å². The van der Waals surface area contributed by atoms with Crippen LogP contribution in [-0.4, -0.2) is 33.0 Å². The molecule has 4 aromatic rings. The Kier molecular flexibility index (Phi) is 5.43. The molecule has 0 N–H and O–H groups in total. The summed E-state index contributed by atoms with van der Waals surface area (Å²) in [6.07, 6.45) is 3.29. The fourth-order valence-electron chi connectivity index (χ4n) is 3.16. The molecule has 0 saturated heterocycles. The number of amides is 1.